The number of nitrogens with two attached hydrogens (primary N) is 1. The number of aromatic nitrogens is 1. The fourth-order valence-electron chi connectivity index (χ4n) is 3.26. The van der Waals surface area contributed by atoms with E-state index in [4.69, 9.17) is 10.2 Å². The Hall–Kier alpha value is -1.56. The molecule has 3 heterocycles. The maximum atomic E-state index is 12.9. The van der Waals surface area contributed by atoms with Gasteiger partial charge in [0.25, 0.3) is 5.91 Å². The first-order chi connectivity index (χ1) is 11.1. The number of carbonyl (C=O) groups is 1. The monoisotopic (exact) mass is 385 g/mol. The average molecular weight is 386 g/mol. The van der Waals surface area contributed by atoms with Crippen LogP contribution in [0.5, 0.6) is 0 Å². The van der Waals surface area contributed by atoms with Gasteiger partial charge in [0.05, 0.1) is 17.5 Å². The molecule has 3 rings (SSSR count). The number of furan rings is 1. The summed E-state index contributed by atoms with van der Waals surface area (Å²) >= 11 is 0. The molecule has 1 amide bonds. The zero-order valence-corrected chi connectivity index (χ0v) is 16.1. The molecule has 1 saturated heterocycles. The lowest BCUT2D eigenvalue weighted by atomic mass is 9.96. The van der Waals surface area contributed by atoms with Crippen molar-refractivity contribution in [1.29, 1.82) is 0 Å². The molecule has 0 spiro atoms. The van der Waals surface area contributed by atoms with E-state index >= 15 is 0 Å². The minimum atomic E-state index is -0.0186. The van der Waals surface area contributed by atoms with Crippen LogP contribution >= 0.6 is 24.8 Å². The summed E-state index contributed by atoms with van der Waals surface area (Å²) in [6, 6.07) is 7.46. The third-order valence-electron chi connectivity index (χ3n) is 4.51. The van der Waals surface area contributed by atoms with Crippen molar-refractivity contribution in [2.75, 3.05) is 6.54 Å². The van der Waals surface area contributed by atoms with E-state index in [1.54, 1.807) is 6.26 Å². The number of hydrogen-bond donors (Lipinski definition) is 1. The Morgan fingerprint density at radius 3 is 2.68 bits per heavy atom. The maximum Gasteiger partial charge on any atom is 0.255 e. The summed E-state index contributed by atoms with van der Waals surface area (Å²) in [5.41, 5.74) is 8.19. The first-order valence-electron chi connectivity index (χ1n) is 8.16. The number of piperidine rings is 1. The number of halogens is 2. The molecule has 2 aromatic heterocycles. The predicted octanol–water partition coefficient (Wildman–Crippen LogP) is 3.84. The number of amides is 1. The lowest BCUT2D eigenvalue weighted by Gasteiger charge is -2.38. The van der Waals surface area contributed by atoms with E-state index in [-0.39, 0.29) is 42.8 Å². The molecule has 5 nitrogen and oxygen atoms in total. The molecule has 25 heavy (non-hydrogen) atoms. The van der Waals surface area contributed by atoms with E-state index < -0.39 is 0 Å². The van der Waals surface area contributed by atoms with Crippen molar-refractivity contribution >= 4 is 30.7 Å². The van der Waals surface area contributed by atoms with Crippen molar-refractivity contribution in [1.82, 2.24) is 9.88 Å². The second-order valence-corrected chi connectivity index (χ2v) is 6.23. The van der Waals surface area contributed by atoms with Crippen LogP contribution in [0.2, 0.25) is 0 Å². The number of hydrogen-bond acceptors (Lipinski definition) is 4. The molecule has 2 atom stereocenters. The zero-order valence-electron chi connectivity index (χ0n) is 14.5. The minimum absolute atomic E-state index is 0. The van der Waals surface area contributed by atoms with Gasteiger partial charge in [0, 0.05) is 18.6 Å². The van der Waals surface area contributed by atoms with Crippen LogP contribution in [0.3, 0.4) is 0 Å². The fraction of sp³-hybridized carbons (Fsp3) is 0.444. The Balaban J connectivity index is 0.00000156. The van der Waals surface area contributed by atoms with E-state index in [0.717, 1.165) is 37.2 Å². The van der Waals surface area contributed by atoms with Crippen LogP contribution in [0.25, 0.3) is 11.5 Å². The number of likely N-dealkylation sites (tertiary alicyclic amines) is 1. The van der Waals surface area contributed by atoms with Crippen LogP contribution in [0.1, 0.15) is 42.2 Å². The lowest BCUT2D eigenvalue weighted by molar-refractivity contribution is 0.0582. The Morgan fingerprint density at radius 2 is 2.08 bits per heavy atom. The summed E-state index contributed by atoms with van der Waals surface area (Å²) < 4.78 is 5.37. The number of aryl methyl sites for hydroxylation is 1. The Labute approximate surface area is 160 Å². The molecule has 1 aliphatic rings. The molecule has 138 valence electrons. The van der Waals surface area contributed by atoms with Crippen molar-refractivity contribution in [3.05, 3.63) is 41.8 Å². The van der Waals surface area contributed by atoms with Gasteiger partial charge in [-0.1, -0.05) is 0 Å². The van der Waals surface area contributed by atoms with Gasteiger partial charge < -0.3 is 15.1 Å². The first kappa shape index (κ1) is 21.5. The van der Waals surface area contributed by atoms with Gasteiger partial charge in [0.1, 0.15) is 5.69 Å². The highest BCUT2D eigenvalue weighted by atomic mass is 35.5. The highest BCUT2D eigenvalue weighted by molar-refractivity contribution is 5.95. The van der Waals surface area contributed by atoms with Crippen LogP contribution in [0, 0.1) is 6.92 Å². The predicted molar refractivity (Wildman–Crippen MR) is 103 cm³/mol. The van der Waals surface area contributed by atoms with Gasteiger partial charge in [-0.2, -0.15) is 0 Å². The van der Waals surface area contributed by atoms with E-state index in [1.165, 1.54) is 0 Å². The van der Waals surface area contributed by atoms with Gasteiger partial charge in [-0.25, -0.2) is 4.98 Å². The number of rotatable bonds is 3. The molecule has 7 heteroatoms. The molecule has 0 aromatic carbocycles. The van der Waals surface area contributed by atoms with Crippen LogP contribution in [-0.2, 0) is 0 Å². The second kappa shape index (κ2) is 9.22. The average Bonchev–Trinajstić information content (AvgIpc) is 3.08. The van der Waals surface area contributed by atoms with Gasteiger partial charge in [-0.05, 0) is 57.4 Å². The molecule has 0 aliphatic carbocycles. The second-order valence-electron chi connectivity index (χ2n) is 6.23. The third-order valence-corrected chi connectivity index (χ3v) is 4.51. The molecule has 2 unspecified atom stereocenters. The van der Waals surface area contributed by atoms with Crippen LogP contribution in [0.15, 0.2) is 34.9 Å². The number of pyridine rings is 1. The SMILES string of the molecule is Cc1nc(-c2ccco2)ccc1C(=O)N1CCCCC1C(C)N.Cl.Cl. The van der Waals surface area contributed by atoms with Gasteiger partial charge in [-0.3, -0.25) is 4.79 Å². The molecule has 0 saturated carbocycles. The fourth-order valence-corrected chi connectivity index (χ4v) is 3.26. The van der Waals surface area contributed by atoms with Gasteiger partial charge in [0.2, 0.25) is 0 Å². The highest BCUT2D eigenvalue weighted by Gasteiger charge is 2.30. The minimum Gasteiger partial charge on any atom is -0.463 e. The summed E-state index contributed by atoms with van der Waals surface area (Å²) in [6.07, 6.45) is 4.75. The van der Waals surface area contributed by atoms with Crippen molar-refractivity contribution < 1.29 is 9.21 Å². The van der Waals surface area contributed by atoms with E-state index in [9.17, 15) is 4.79 Å². The van der Waals surface area contributed by atoms with Gasteiger partial charge in [0.15, 0.2) is 5.76 Å². The number of nitrogens with zero attached hydrogens (tertiary/aromatic N) is 2. The third kappa shape index (κ3) is 4.54. The molecule has 1 fully saturated rings. The Bertz CT molecular complexity index is 690. The van der Waals surface area contributed by atoms with E-state index in [2.05, 4.69) is 4.98 Å². The molecule has 2 N–H and O–H groups in total. The zero-order chi connectivity index (χ0) is 16.4. The van der Waals surface area contributed by atoms with Crippen molar-refractivity contribution in [3.8, 4) is 11.5 Å². The standard InChI is InChI=1S/C18H23N3O2.2ClH/c1-12(19)16-6-3-4-10-21(16)18(22)14-8-9-15(20-13(14)2)17-7-5-11-23-17;;/h5,7-9,11-12,16H,3-4,6,10,19H2,1-2H3;2*1H. The molecule has 1 aliphatic heterocycles. The highest BCUT2D eigenvalue weighted by Crippen LogP contribution is 2.24. The van der Waals surface area contributed by atoms with Gasteiger partial charge >= 0.3 is 0 Å². The van der Waals surface area contributed by atoms with Crippen molar-refractivity contribution in [3.63, 3.8) is 0 Å². The van der Waals surface area contributed by atoms with E-state index in [1.807, 2.05) is 43.0 Å². The molecular formula is C18H25Cl2N3O2. The molecule has 2 aromatic rings. The summed E-state index contributed by atoms with van der Waals surface area (Å²) in [5.74, 6) is 0.738. The first-order valence-corrected chi connectivity index (χ1v) is 8.16. The smallest absolute Gasteiger partial charge is 0.255 e. The van der Waals surface area contributed by atoms with Crippen LogP contribution in [0.4, 0.5) is 0 Å². The van der Waals surface area contributed by atoms with Crippen LogP contribution in [-0.4, -0.2) is 34.4 Å². The molecule has 0 radical (unpaired) electrons. The Kier molecular flexibility index (Phi) is 7.93. The Morgan fingerprint density at radius 1 is 1.32 bits per heavy atom. The van der Waals surface area contributed by atoms with E-state index in [0.29, 0.717) is 11.3 Å². The largest absolute Gasteiger partial charge is 0.463 e. The normalized spacial score (nSPS) is 18.0. The molecule has 0 bridgehead atoms. The quantitative estimate of drug-likeness (QED) is 0.870. The summed E-state index contributed by atoms with van der Waals surface area (Å²) in [7, 11) is 0. The van der Waals surface area contributed by atoms with Crippen molar-refractivity contribution in [2.24, 2.45) is 5.73 Å². The summed E-state index contributed by atoms with van der Waals surface area (Å²) in [5, 5.41) is 0. The summed E-state index contributed by atoms with van der Waals surface area (Å²) in [6.45, 7) is 4.61. The maximum absolute atomic E-state index is 12.9. The van der Waals surface area contributed by atoms with Gasteiger partial charge in [-0.15, -0.1) is 24.8 Å². The topological polar surface area (TPSA) is 72.4 Å². The number of carbonyl (C=O) groups excluding carboxylic acids is 1. The molecular weight excluding hydrogens is 361 g/mol. The van der Waals surface area contributed by atoms with Crippen LogP contribution < -0.4 is 5.73 Å². The van der Waals surface area contributed by atoms with Crippen molar-refractivity contribution in [2.45, 2.75) is 45.2 Å². The summed E-state index contributed by atoms with van der Waals surface area (Å²) in [4.78, 5) is 19.4. The lowest BCUT2D eigenvalue weighted by Crippen LogP contribution is -2.51.